The fourth-order valence-corrected chi connectivity index (χ4v) is 5.99. The van der Waals surface area contributed by atoms with Crippen LogP contribution in [0.5, 0.6) is 0 Å². The molecule has 0 saturated heterocycles. The highest BCUT2D eigenvalue weighted by atomic mass is 15.6. The molecule has 5 heterocycles. The van der Waals surface area contributed by atoms with Gasteiger partial charge in [-0.1, -0.05) is 84.9 Å². The van der Waals surface area contributed by atoms with Gasteiger partial charge in [-0.3, -0.25) is 4.98 Å². The van der Waals surface area contributed by atoms with Crippen molar-refractivity contribution in [2.24, 2.45) is 0 Å². The van der Waals surface area contributed by atoms with E-state index in [2.05, 4.69) is 131 Å². The quantitative estimate of drug-likeness (QED) is 0.183. The molecule has 0 fully saturated rings. The Hall–Kier alpha value is -6.18. The van der Waals surface area contributed by atoms with Crippen LogP contribution in [0, 0.1) is 0 Å². The van der Waals surface area contributed by atoms with Gasteiger partial charge in [0.1, 0.15) is 0 Å². The standard InChI is InChI=1S/C38H25N7/c1-2-27-9-10-28-15-17-32(43-38(28)37(27)39-19-1)24-5-3-23(4-6-24)31-16-13-25-7-11-29(20-34(25)41-31)30-12-8-26-14-18-33(42-35(26)21-30)36-22-40-45-44-36/h1-22,40,44-45H. The molecule has 1 aliphatic rings. The first-order valence-electron chi connectivity index (χ1n) is 14.8. The van der Waals surface area contributed by atoms with Gasteiger partial charge >= 0.3 is 0 Å². The molecule has 212 valence electrons. The van der Waals surface area contributed by atoms with Crippen LogP contribution in [0.1, 0.15) is 5.69 Å². The van der Waals surface area contributed by atoms with Crippen LogP contribution in [0.15, 0.2) is 134 Å². The monoisotopic (exact) mass is 579 g/mol. The fourth-order valence-electron chi connectivity index (χ4n) is 5.99. The summed E-state index contributed by atoms with van der Waals surface area (Å²) in [6.45, 7) is 0. The number of benzene rings is 4. The maximum Gasteiger partial charge on any atom is 0.0972 e. The summed E-state index contributed by atoms with van der Waals surface area (Å²) < 4.78 is 0. The molecular weight excluding hydrogens is 554 g/mol. The number of nitrogens with one attached hydrogen (secondary N) is 3. The van der Waals surface area contributed by atoms with Gasteiger partial charge in [0.25, 0.3) is 0 Å². The van der Waals surface area contributed by atoms with Gasteiger partial charge in [-0.15, -0.1) is 0 Å². The van der Waals surface area contributed by atoms with Crippen molar-refractivity contribution in [3.05, 3.63) is 139 Å². The zero-order chi connectivity index (χ0) is 29.7. The van der Waals surface area contributed by atoms with Crippen LogP contribution >= 0.6 is 0 Å². The van der Waals surface area contributed by atoms with Gasteiger partial charge in [-0.25, -0.2) is 15.0 Å². The van der Waals surface area contributed by atoms with E-state index in [-0.39, 0.29) is 0 Å². The third-order valence-corrected chi connectivity index (χ3v) is 8.39. The number of fused-ring (bicyclic) bond motifs is 5. The molecule has 4 aromatic carbocycles. The lowest BCUT2D eigenvalue weighted by atomic mass is 10.0. The van der Waals surface area contributed by atoms with Crippen molar-refractivity contribution >= 4 is 49.3 Å². The van der Waals surface area contributed by atoms with Crippen LogP contribution in [-0.4, -0.2) is 19.9 Å². The number of aromatic nitrogens is 4. The van der Waals surface area contributed by atoms with Crippen molar-refractivity contribution < 1.29 is 0 Å². The molecule has 0 bridgehead atoms. The zero-order valence-corrected chi connectivity index (χ0v) is 24.0. The number of nitrogens with zero attached hydrogens (tertiary/aromatic N) is 4. The molecule has 0 amide bonds. The van der Waals surface area contributed by atoms with E-state index in [1.807, 2.05) is 24.5 Å². The van der Waals surface area contributed by atoms with Crippen molar-refractivity contribution in [2.75, 3.05) is 0 Å². The summed E-state index contributed by atoms with van der Waals surface area (Å²) in [5.41, 5.74) is 20.5. The molecule has 8 aromatic rings. The van der Waals surface area contributed by atoms with Crippen molar-refractivity contribution in [3.8, 4) is 33.6 Å². The zero-order valence-electron chi connectivity index (χ0n) is 24.0. The summed E-state index contributed by atoms with van der Waals surface area (Å²) in [6.07, 6.45) is 3.68. The summed E-state index contributed by atoms with van der Waals surface area (Å²) in [5, 5.41) is 4.36. The maximum atomic E-state index is 5.07. The number of hydrogen-bond acceptors (Lipinski definition) is 7. The Balaban J connectivity index is 1.04. The van der Waals surface area contributed by atoms with E-state index in [9.17, 15) is 0 Å². The summed E-state index contributed by atoms with van der Waals surface area (Å²) in [4.78, 5) is 19.6. The minimum atomic E-state index is 0.870. The molecule has 0 spiro atoms. The summed E-state index contributed by atoms with van der Waals surface area (Å²) >= 11 is 0. The average molecular weight is 580 g/mol. The van der Waals surface area contributed by atoms with Crippen LogP contribution in [0.4, 0.5) is 0 Å². The molecule has 4 aromatic heterocycles. The van der Waals surface area contributed by atoms with E-state index in [0.29, 0.717) is 0 Å². The highest BCUT2D eigenvalue weighted by Gasteiger charge is 2.11. The topological polar surface area (TPSA) is 87.7 Å². The van der Waals surface area contributed by atoms with E-state index in [1.165, 1.54) is 0 Å². The van der Waals surface area contributed by atoms with Gasteiger partial charge < -0.3 is 10.9 Å². The molecular formula is C38H25N7. The Bertz CT molecular complexity index is 2470. The largest absolute Gasteiger partial charge is 0.309 e. The van der Waals surface area contributed by atoms with E-state index in [1.54, 1.807) is 0 Å². The van der Waals surface area contributed by atoms with Gasteiger partial charge in [0.15, 0.2) is 0 Å². The summed E-state index contributed by atoms with van der Waals surface area (Å²) in [6, 6.07) is 42.0. The molecule has 9 rings (SSSR count). The Morgan fingerprint density at radius 3 is 1.64 bits per heavy atom. The first-order valence-corrected chi connectivity index (χ1v) is 14.8. The van der Waals surface area contributed by atoms with Crippen LogP contribution < -0.4 is 16.4 Å². The Morgan fingerprint density at radius 1 is 0.444 bits per heavy atom. The molecule has 1 aliphatic heterocycles. The average Bonchev–Trinajstić information content (AvgIpc) is 3.66. The highest BCUT2D eigenvalue weighted by molar-refractivity contribution is 6.03. The van der Waals surface area contributed by atoms with Gasteiger partial charge in [0, 0.05) is 45.1 Å². The first kappa shape index (κ1) is 25.3. The van der Waals surface area contributed by atoms with Crippen LogP contribution in [-0.2, 0) is 0 Å². The van der Waals surface area contributed by atoms with E-state index >= 15 is 0 Å². The summed E-state index contributed by atoms with van der Waals surface area (Å²) in [5.74, 6) is 0. The smallest absolute Gasteiger partial charge is 0.0972 e. The van der Waals surface area contributed by atoms with Crippen LogP contribution in [0.3, 0.4) is 0 Å². The third kappa shape index (κ3) is 4.50. The molecule has 0 aliphatic carbocycles. The lowest BCUT2D eigenvalue weighted by molar-refractivity contribution is 0.620. The first-order chi connectivity index (χ1) is 22.2. The highest BCUT2D eigenvalue weighted by Crippen LogP contribution is 2.31. The van der Waals surface area contributed by atoms with Crippen LogP contribution in [0.2, 0.25) is 0 Å². The molecule has 0 saturated carbocycles. The minimum absolute atomic E-state index is 0.870. The second kappa shape index (κ2) is 10.2. The molecule has 0 radical (unpaired) electrons. The Kier molecular flexibility index (Phi) is 5.75. The van der Waals surface area contributed by atoms with E-state index in [0.717, 1.165) is 88.6 Å². The molecule has 7 heteroatoms. The number of hydrazine groups is 2. The number of hydrogen-bond donors (Lipinski definition) is 3. The van der Waals surface area contributed by atoms with Crippen molar-refractivity contribution in [3.63, 3.8) is 0 Å². The van der Waals surface area contributed by atoms with Crippen LogP contribution in [0.25, 0.3) is 83.0 Å². The van der Waals surface area contributed by atoms with Crippen molar-refractivity contribution in [2.45, 2.75) is 0 Å². The number of rotatable bonds is 4. The normalized spacial score (nSPS) is 12.8. The predicted molar refractivity (Wildman–Crippen MR) is 181 cm³/mol. The third-order valence-electron chi connectivity index (χ3n) is 8.39. The maximum absolute atomic E-state index is 5.07. The molecule has 7 nitrogen and oxygen atoms in total. The Labute approximate surface area is 258 Å². The second-order valence-corrected chi connectivity index (χ2v) is 11.1. The van der Waals surface area contributed by atoms with Crippen molar-refractivity contribution in [1.29, 1.82) is 0 Å². The Morgan fingerprint density at radius 2 is 0.978 bits per heavy atom. The molecule has 0 atom stereocenters. The predicted octanol–water partition coefficient (Wildman–Crippen LogP) is 7.79. The SMILES string of the molecule is C1=C(c2ccc3ccc(-c4ccc5ccc(-c6ccc(-c7ccc8ccc9cccnc9c8n7)cc6)nc5c4)cc3n2)NNN1. The van der Waals surface area contributed by atoms with Crippen molar-refractivity contribution in [1.82, 2.24) is 36.3 Å². The lowest BCUT2D eigenvalue weighted by Gasteiger charge is -2.09. The molecule has 3 N–H and O–H groups in total. The number of pyridine rings is 4. The van der Waals surface area contributed by atoms with Gasteiger partial charge in [-0.2, -0.15) is 5.53 Å². The molecule has 45 heavy (non-hydrogen) atoms. The molecule has 0 unspecified atom stereocenters. The van der Waals surface area contributed by atoms with Gasteiger partial charge in [0.05, 0.1) is 44.8 Å². The fraction of sp³-hybridized carbons (Fsp3) is 0. The lowest BCUT2D eigenvalue weighted by Crippen LogP contribution is -2.31. The van der Waals surface area contributed by atoms with Gasteiger partial charge in [-0.05, 0) is 47.5 Å². The second-order valence-electron chi connectivity index (χ2n) is 11.1. The summed E-state index contributed by atoms with van der Waals surface area (Å²) in [7, 11) is 0. The van der Waals surface area contributed by atoms with E-state index < -0.39 is 0 Å². The minimum Gasteiger partial charge on any atom is -0.309 e. The van der Waals surface area contributed by atoms with E-state index in [4.69, 9.17) is 15.0 Å². The van der Waals surface area contributed by atoms with Gasteiger partial charge in [0.2, 0.25) is 0 Å².